The molecule has 1 atom stereocenters. The predicted molar refractivity (Wildman–Crippen MR) is 127 cm³/mol. The Labute approximate surface area is 200 Å². The number of anilines is 1. The van der Waals surface area contributed by atoms with E-state index in [2.05, 4.69) is 42.7 Å². The Morgan fingerprint density at radius 3 is 2.76 bits per heavy atom. The average molecular weight is 514 g/mol. The third-order valence-electron chi connectivity index (χ3n) is 5.76. The van der Waals surface area contributed by atoms with E-state index in [0.717, 1.165) is 36.9 Å². The molecular formula is C24H25BrFN5O2. The number of halogens is 2. The third kappa shape index (κ3) is 5.28. The largest absolute Gasteiger partial charge is 0.493 e. The number of hydrogen-bond donors (Lipinski definition) is 1. The van der Waals surface area contributed by atoms with Crippen LogP contribution in [0.2, 0.25) is 0 Å². The van der Waals surface area contributed by atoms with Crippen molar-refractivity contribution in [2.24, 2.45) is 0 Å². The van der Waals surface area contributed by atoms with Crippen molar-refractivity contribution < 1.29 is 13.9 Å². The minimum absolute atomic E-state index is 0.140. The molecule has 172 valence electrons. The van der Waals surface area contributed by atoms with Crippen LogP contribution in [0.1, 0.15) is 55.6 Å². The standard InChI is InChI=1S/C24H25BrFN5O2/c1-3-13-33-21-12-9-16(14-22(21)32-2)23(27-17-10-11-20(26)19(25)15-17)24-28-29-30-31(24)18-7-5-4-6-8-18/h1,9-12,14-15,18,23,27H,4-8,13H2,2H3. The smallest absolute Gasteiger partial charge is 0.178 e. The van der Waals surface area contributed by atoms with Crippen molar-refractivity contribution in [1.29, 1.82) is 0 Å². The molecule has 9 heteroatoms. The highest BCUT2D eigenvalue weighted by Crippen LogP contribution is 2.36. The minimum Gasteiger partial charge on any atom is -0.493 e. The molecule has 2 aromatic carbocycles. The van der Waals surface area contributed by atoms with Crippen molar-refractivity contribution in [2.45, 2.75) is 44.2 Å². The highest BCUT2D eigenvalue weighted by atomic mass is 79.9. The number of ether oxygens (including phenoxy) is 2. The Morgan fingerprint density at radius 1 is 1.21 bits per heavy atom. The maximum Gasteiger partial charge on any atom is 0.178 e. The lowest BCUT2D eigenvalue weighted by Crippen LogP contribution is -2.23. The molecule has 0 radical (unpaired) electrons. The van der Waals surface area contributed by atoms with Crippen LogP contribution in [-0.2, 0) is 0 Å². The van der Waals surface area contributed by atoms with E-state index in [0.29, 0.717) is 21.8 Å². The number of tetrazole rings is 1. The molecule has 1 aliphatic rings. The van der Waals surface area contributed by atoms with Gasteiger partial charge in [-0.25, -0.2) is 9.07 Å². The number of rotatable bonds is 8. The van der Waals surface area contributed by atoms with Crippen LogP contribution in [-0.4, -0.2) is 33.9 Å². The van der Waals surface area contributed by atoms with E-state index in [1.54, 1.807) is 19.2 Å². The average Bonchev–Trinajstić information content (AvgIpc) is 3.33. The molecule has 1 unspecified atom stereocenters. The Morgan fingerprint density at radius 2 is 2.03 bits per heavy atom. The predicted octanol–water partition coefficient (Wildman–Crippen LogP) is 5.30. The molecule has 0 saturated heterocycles. The van der Waals surface area contributed by atoms with Gasteiger partial charge in [0.15, 0.2) is 17.3 Å². The first-order valence-corrected chi connectivity index (χ1v) is 11.6. The van der Waals surface area contributed by atoms with E-state index >= 15 is 0 Å². The molecule has 1 fully saturated rings. The number of nitrogens with one attached hydrogen (secondary N) is 1. The fourth-order valence-corrected chi connectivity index (χ4v) is 4.51. The Hall–Kier alpha value is -3.12. The molecule has 0 aliphatic heterocycles. The van der Waals surface area contributed by atoms with Crippen LogP contribution in [0.25, 0.3) is 0 Å². The summed E-state index contributed by atoms with van der Waals surface area (Å²) in [6.07, 6.45) is 10.9. The van der Waals surface area contributed by atoms with Gasteiger partial charge in [-0.05, 0) is 75.1 Å². The fraction of sp³-hybridized carbons (Fsp3) is 0.375. The van der Waals surface area contributed by atoms with Crippen LogP contribution in [0.4, 0.5) is 10.1 Å². The highest BCUT2D eigenvalue weighted by molar-refractivity contribution is 9.10. The van der Waals surface area contributed by atoms with Crippen molar-refractivity contribution in [3.8, 4) is 23.8 Å². The second-order valence-corrected chi connectivity index (χ2v) is 8.74. The first-order valence-electron chi connectivity index (χ1n) is 10.8. The molecule has 33 heavy (non-hydrogen) atoms. The van der Waals surface area contributed by atoms with E-state index < -0.39 is 6.04 Å². The molecule has 1 aliphatic carbocycles. The van der Waals surface area contributed by atoms with Crippen LogP contribution < -0.4 is 14.8 Å². The zero-order valence-corrected chi connectivity index (χ0v) is 19.9. The fourth-order valence-electron chi connectivity index (χ4n) is 4.13. The van der Waals surface area contributed by atoms with E-state index in [1.165, 1.54) is 12.5 Å². The lowest BCUT2D eigenvalue weighted by molar-refractivity contribution is 0.315. The molecule has 7 nitrogen and oxygen atoms in total. The van der Waals surface area contributed by atoms with Crippen LogP contribution in [0.5, 0.6) is 11.5 Å². The lowest BCUT2D eigenvalue weighted by Gasteiger charge is -2.26. The number of nitrogens with zero attached hydrogens (tertiary/aromatic N) is 4. The SMILES string of the molecule is C#CCOc1ccc(C(Nc2ccc(F)c(Br)c2)c2nnnn2C2CCCCC2)cc1OC. The second kappa shape index (κ2) is 10.7. The molecule has 1 aromatic heterocycles. The van der Waals surface area contributed by atoms with Crippen molar-refractivity contribution in [2.75, 3.05) is 19.0 Å². The molecular weight excluding hydrogens is 489 g/mol. The highest BCUT2D eigenvalue weighted by Gasteiger charge is 2.27. The van der Waals surface area contributed by atoms with E-state index in [4.69, 9.17) is 15.9 Å². The maximum atomic E-state index is 13.8. The molecule has 0 bridgehead atoms. The molecule has 0 amide bonds. The Balaban J connectivity index is 1.75. The lowest BCUT2D eigenvalue weighted by atomic mass is 9.95. The van der Waals surface area contributed by atoms with Crippen molar-refractivity contribution in [3.05, 3.63) is 58.1 Å². The Bertz CT molecular complexity index is 1140. The van der Waals surface area contributed by atoms with Crippen molar-refractivity contribution >= 4 is 21.6 Å². The summed E-state index contributed by atoms with van der Waals surface area (Å²) in [7, 11) is 1.58. The summed E-state index contributed by atoms with van der Waals surface area (Å²) in [5.74, 6) is 3.91. The molecule has 3 aromatic rings. The Kier molecular flexibility index (Phi) is 7.45. The number of methoxy groups -OCH3 is 1. The van der Waals surface area contributed by atoms with Gasteiger partial charge in [-0.1, -0.05) is 31.2 Å². The summed E-state index contributed by atoms with van der Waals surface area (Å²) in [6.45, 7) is 0.140. The number of benzene rings is 2. The van der Waals surface area contributed by atoms with Gasteiger partial charge in [-0.2, -0.15) is 0 Å². The molecule has 1 heterocycles. The number of terminal acetylenes is 1. The molecule has 0 spiro atoms. The van der Waals surface area contributed by atoms with Gasteiger partial charge in [-0.3, -0.25) is 0 Å². The summed E-state index contributed by atoms with van der Waals surface area (Å²) >= 11 is 3.26. The van der Waals surface area contributed by atoms with Gasteiger partial charge in [0.1, 0.15) is 18.5 Å². The van der Waals surface area contributed by atoms with Gasteiger partial charge in [0.05, 0.1) is 17.6 Å². The second-order valence-electron chi connectivity index (χ2n) is 7.88. The summed E-state index contributed by atoms with van der Waals surface area (Å²) < 4.78 is 27.3. The maximum absolute atomic E-state index is 13.8. The van der Waals surface area contributed by atoms with E-state index in [1.807, 2.05) is 22.9 Å². The first kappa shape index (κ1) is 23.1. The van der Waals surface area contributed by atoms with Gasteiger partial charge in [0.2, 0.25) is 0 Å². The monoisotopic (exact) mass is 513 g/mol. The summed E-state index contributed by atoms with van der Waals surface area (Å²) in [5, 5.41) is 16.2. The van der Waals surface area contributed by atoms with Crippen LogP contribution in [0.15, 0.2) is 40.9 Å². The van der Waals surface area contributed by atoms with Gasteiger partial charge >= 0.3 is 0 Å². The topological polar surface area (TPSA) is 74.1 Å². The zero-order chi connectivity index (χ0) is 23.2. The van der Waals surface area contributed by atoms with Crippen LogP contribution in [0, 0.1) is 18.2 Å². The molecule has 4 rings (SSSR count). The van der Waals surface area contributed by atoms with Crippen molar-refractivity contribution in [3.63, 3.8) is 0 Å². The number of aromatic nitrogens is 4. The quantitative estimate of drug-likeness (QED) is 0.412. The zero-order valence-electron chi connectivity index (χ0n) is 18.3. The first-order chi connectivity index (χ1) is 16.1. The molecule has 1 saturated carbocycles. The van der Waals surface area contributed by atoms with Gasteiger partial charge in [-0.15, -0.1) is 11.5 Å². The van der Waals surface area contributed by atoms with Crippen LogP contribution in [0.3, 0.4) is 0 Å². The summed E-state index contributed by atoms with van der Waals surface area (Å²) in [5.41, 5.74) is 1.59. The van der Waals surface area contributed by atoms with Gasteiger partial charge in [0.25, 0.3) is 0 Å². The summed E-state index contributed by atoms with van der Waals surface area (Å²) in [6, 6.07) is 10.2. The van der Waals surface area contributed by atoms with E-state index in [9.17, 15) is 4.39 Å². The van der Waals surface area contributed by atoms with Crippen molar-refractivity contribution in [1.82, 2.24) is 20.2 Å². The van der Waals surface area contributed by atoms with E-state index in [-0.39, 0.29) is 18.5 Å². The van der Waals surface area contributed by atoms with Crippen LogP contribution >= 0.6 is 15.9 Å². The van der Waals surface area contributed by atoms with Gasteiger partial charge < -0.3 is 14.8 Å². The summed E-state index contributed by atoms with van der Waals surface area (Å²) in [4.78, 5) is 0. The third-order valence-corrected chi connectivity index (χ3v) is 6.37. The molecule has 1 N–H and O–H groups in total. The van der Waals surface area contributed by atoms with Gasteiger partial charge in [0, 0.05) is 5.69 Å². The normalized spacial score (nSPS) is 15.0. The minimum atomic E-state index is -0.408. The number of hydrogen-bond acceptors (Lipinski definition) is 6.